The fourth-order valence-corrected chi connectivity index (χ4v) is 26.2. The van der Waals surface area contributed by atoms with Crippen LogP contribution in [0.25, 0.3) is 0 Å². The first kappa shape index (κ1) is 55.7. The Morgan fingerprint density at radius 1 is 0.493 bits per heavy atom. The van der Waals surface area contributed by atoms with Crippen LogP contribution in [-0.2, 0) is 18.1 Å². The molecular formula is C66H84O4Si3. The van der Waals surface area contributed by atoms with Gasteiger partial charge in [-0.2, -0.15) is 0 Å². The van der Waals surface area contributed by atoms with E-state index in [1.807, 2.05) is 0 Å². The molecule has 1 fully saturated rings. The molecule has 1 aliphatic rings. The number of hydrogen-bond donors (Lipinski definition) is 0. The number of carbonyl (C=O) groups excluding carboxylic acids is 1. The zero-order valence-electron chi connectivity index (χ0n) is 45.7. The molecule has 1 saturated carbocycles. The van der Waals surface area contributed by atoms with Crippen LogP contribution in [0, 0.1) is 11.8 Å². The molecule has 0 aliphatic heterocycles. The number of rotatable bonds is 22. The van der Waals surface area contributed by atoms with Gasteiger partial charge in [-0.15, -0.1) is 0 Å². The number of aldehydes is 1. The average molecular weight is 1030 g/mol. The second kappa shape index (κ2) is 24.6. The predicted molar refractivity (Wildman–Crippen MR) is 317 cm³/mol. The van der Waals surface area contributed by atoms with E-state index in [2.05, 4.69) is 276 Å². The van der Waals surface area contributed by atoms with E-state index in [1.54, 1.807) is 0 Å². The Bertz CT molecular complexity index is 2520. The molecule has 73 heavy (non-hydrogen) atoms. The van der Waals surface area contributed by atoms with E-state index >= 15 is 0 Å². The predicted octanol–water partition coefficient (Wildman–Crippen LogP) is 13.1. The van der Waals surface area contributed by atoms with E-state index in [0.29, 0.717) is 12.8 Å². The van der Waals surface area contributed by atoms with Gasteiger partial charge in [-0.05, 0) is 77.8 Å². The van der Waals surface area contributed by atoms with Crippen molar-refractivity contribution in [1.82, 2.24) is 0 Å². The zero-order valence-corrected chi connectivity index (χ0v) is 48.7. The largest absolute Gasteiger partial charge is 0.404 e. The fourth-order valence-electron chi connectivity index (χ4n) is 12.1. The van der Waals surface area contributed by atoms with Gasteiger partial charge in [-0.3, -0.25) is 0 Å². The van der Waals surface area contributed by atoms with Crippen molar-refractivity contribution < 1.29 is 18.1 Å². The SMILES string of the molecule is CCCCC/C=C\C[C@@H](/C=C/[C@@H]1[C@H](CC=O)[C@@H](O[Si](c2ccccc2)(c2ccccc2)C(C)(C)C)C[C@H]1O[Si](c1ccccc1)(c1ccccc1)C(C)(C)C)O[Si](c1ccccc1)(c1ccccc1)C(C)(C)C. The van der Waals surface area contributed by atoms with Crippen LogP contribution in [0.15, 0.2) is 206 Å². The maximum absolute atomic E-state index is 13.4. The summed E-state index contributed by atoms with van der Waals surface area (Å²) in [5.74, 6) is -0.342. The molecule has 0 amide bonds. The van der Waals surface area contributed by atoms with E-state index in [9.17, 15) is 4.79 Å². The van der Waals surface area contributed by atoms with Crippen molar-refractivity contribution in [3.05, 3.63) is 206 Å². The fraction of sp³-hybridized carbons (Fsp3) is 0.379. The minimum absolute atomic E-state index is 0.170. The summed E-state index contributed by atoms with van der Waals surface area (Å²) in [5, 5.41) is 6.69. The van der Waals surface area contributed by atoms with Gasteiger partial charge in [0.25, 0.3) is 25.0 Å². The molecule has 7 heteroatoms. The molecule has 0 radical (unpaired) electrons. The van der Waals surface area contributed by atoms with E-state index in [4.69, 9.17) is 13.3 Å². The van der Waals surface area contributed by atoms with Gasteiger partial charge in [-0.25, -0.2) is 0 Å². The van der Waals surface area contributed by atoms with E-state index in [0.717, 1.165) is 19.1 Å². The summed E-state index contributed by atoms with van der Waals surface area (Å²) in [7, 11) is -9.19. The molecule has 0 unspecified atom stereocenters. The van der Waals surface area contributed by atoms with Crippen molar-refractivity contribution in [3.8, 4) is 0 Å². The highest BCUT2D eigenvalue weighted by molar-refractivity contribution is 7.00. The number of allylic oxidation sites excluding steroid dienone is 1. The number of benzene rings is 6. The first-order chi connectivity index (χ1) is 35.0. The summed E-state index contributed by atoms with van der Waals surface area (Å²) in [6.07, 6.45) is 16.1. The number of unbranched alkanes of at least 4 members (excludes halogenated alkanes) is 3. The Morgan fingerprint density at radius 2 is 0.849 bits per heavy atom. The number of hydrogen-bond acceptors (Lipinski definition) is 4. The van der Waals surface area contributed by atoms with Crippen molar-refractivity contribution >= 4 is 62.4 Å². The second-order valence-electron chi connectivity index (χ2n) is 23.4. The highest BCUT2D eigenvalue weighted by atomic mass is 28.4. The molecule has 7 rings (SSSR count). The monoisotopic (exact) mass is 1020 g/mol. The molecule has 0 saturated heterocycles. The Balaban J connectivity index is 1.45. The van der Waals surface area contributed by atoms with Gasteiger partial charge in [0.05, 0.1) is 18.3 Å². The molecule has 1 aliphatic carbocycles. The van der Waals surface area contributed by atoms with Crippen LogP contribution in [-0.4, -0.2) is 49.6 Å². The topological polar surface area (TPSA) is 44.8 Å². The van der Waals surface area contributed by atoms with E-state index < -0.39 is 25.0 Å². The first-order valence-electron chi connectivity index (χ1n) is 27.2. The minimum Gasteiger partial charge on any atom is -0.404 e. The molecule has 6 aromatic carbocycles. The lowest BCUT2D eigenvalue weighted by molar-refractivity contribution is -0.109. The highest BCUT2D eigenvalue weighted by Crippen LogP contribution is 2.48. The van der Waals surface area contributed by atoms with Crippen LogP contribution in [0.3, 0.4) is 0 Å². The van der Waals surface area contributed by atoms with E-state index in [-0.39, 0.29) is 45.3 Å². The quantitative estimate of drug-likeness (QED) is 0.0294. The second-order valence-corrected chi connectivity index (χ2v) is 36.2. The third kappa shape index (κ3) is 12.1. The summed E-state index contributed by atoms with van der Waals surface area (Å²) in [5.41, 5.74) is 0. The molecule has 5 atom stereocenters. The van der Waals surface area contributed by atoms with Crippen LogP contribution in [0.5, 0.6) is 0 Å². The summed E-state index contributed by atoms with van der Waals surface area (Å²) in [4.78, 5) is 13.4. The van der Waals surface area contributed by atoms with Crippen LogP contribution in [0.2, 0.25) is 15.1 Å². The highest BCUT2D eigenvalue weighted by Gasteiger charge is 2.58. The van der Waals surface area contributed by atoms with Crippen LogP contribution in [0.4, 0.5) is 0 Å². The molecule has 0 spiro atoms. The third-order valence-corrected chi connectivity index (χ3v) is 30.7. The zero-order chi connectivity index (χ0) is 52.2. The first-order valence-corrected chi connectivity index (χ1v) is 32.9. The van der Waals surface area contributed by atoms with Gasteiger partial charge in [0, 0.05) is 12.3 Å². The molecule has 0 aromatic heterocycles. The standard InChI is InChI=1S/C66H84O4Si3/c1-11-12-13-14-15-22-35-53(68-71(64(2,3)4,54-36-23-16-24-37-54)55-38-25-17-26-39-55)48-49-60-61(50-51-67)63(70-73(66(8,9)10,58-44-31-20-32-45-58)59-46-33-21-34-47-59)52-62(60)69-72(65(5,6)7,56-40-27-18-28-41-56)57-42-29-19-30-43-57/h15-34,36-49,51,53,60-63H,11-14,35,50,52H2,1-10H3/b22-15-,49-48+/t53-,60+,61-,62+,63-/m0/s1. The van der Waals surface area contributed by atoms with Crippen LogP contribution >= 0.6 is 0 Å². The smallest absolute Gasteiger partial charge is 0.261 e. The molecule has 0 N–H and O–H groups in total. The molecule has 6 aromatic rings. The Labute approximate surface area is 443 Å². The van der Waals surface area contributed by atoms with Crippen molar-refractivity contribution in [2.24, 2.45) is 11.8 Å². The number of carbonyl (C=O) groups is 1. The lowest BCUT2D eigenvalue weighted by atomic mass is 9.90. The molecule has 0 heterocycles. The summed E-state index contributed by atoms with van der Waals surface area (Å²) >= 11 is 0. The summed E-state index contributed by atoms with van der Waals surface area (Å²) in [6, 6.07) is 65.8. The summed E-state index contributed by atoms with van der Waals surface area (Å²) in [6.45, 7) is 23.5. The maximum atomic E-state index is 13.4. The molecule has 384 valence electrons. The van der Waals surface area contributed by atoms with E-state index in [1.165, 1.54) is 50.4 Å². The van der Waals surface area contributed by atoms with Gasteiger partial charge in [0.15, 0.2) is 0 Å². The van der Waals surface area contributed by atoms with Gasteiger partial charge < -0.3 is 18.1 Å². The van der Waals surface area contributed by atoms with Gasteiger partial charge in [-0.1, -0.05) is 288 Å². The maximum Gasteiger partial charge on any atom is 0.261 e. The van der Waals surface area contributed by atoms with Gasteiger partial charge in [0.1, 0.15) is 6.29 Å². The van der Waals surface area contributed by atoms with Crippen molar-refractivity contribution in [2.45, 2.75) is 148 Å². The molecule has 0 bridgehead atoms. The summed E-state index contributed by atoms with van der Waals surface area (Å²) < 4.78 is 24.5. The van der Waals surface area contributed by atoms with Crippen LogP contribution < -0.4 is 31.1 Å². The Hall–Kier alpha value is -5.00. The average Bonchev–Trinajstić information content (AvgIpc) is 3.70. The molecular weight excluding hydrogens is 941 g/mol. The van der Waals surface area contributed by atoms with Crippen molar-refractivity contribution in [2.75, 3.05) is 0 Å². The Morgan fingerprint density at radius 3 is 1.19 bits per heavy atom. The minimum atomic E-state index is -3.11. The molecule has 4 nitrogen and oxygen atoms in total. The van der Waals surface area contributed by atoms with Gasteiger partial charge in [0.2, 0.25) is 0 Å². The van der Waals surface area contributed by atoms with Crippen LogP contribution in [0.1, 0.15) is 114 Å². The Kier molecular flexibility index (Phi) is 18.8. The lowest BCUT2D eigenvalue weighted by Crippen LogP contribution is -2.68. The third-order valence-electron chi connectivity index (χ3n) is 15.5. The lowest BCUT2D eigenvalue weighted by Gasteiger charge is -2.46. The van der Waals surface area contributed by atoms with Gasteiger partial charge >= 0.3 is 0 Å². The van der Waals surface area contributed by atoms with Crippen molar-refractivity contribution in [3.63, 3.8) is 0 Å². The van der Waals surface area contributed by atoms with Crippen molar-refractivity contribution in [1.29, 1.82) is 0 Å². The normalized spacial score (nSPS) is 18.6.